The molecule has 2 N–H and O–H groups in total. The van der Waals surface area contributed by atoms with Gasteiger partial charge in [-0.15, -0.1) is 10.2 Å². The fourth-order valence-electron chi connectivity index (χ4n) is 6.34. The van der Waals surface area contributed by atoms with Gasteiger partial charge in [0.2, 0.25) is 11.8 Å². The molecule has 1 aromatic carbocycles. The molecule has 1 aromatic heterocycles. The standard InChI is InChI=1S/C26H29ClF3N3O5/c27-15-1-2-19-17(11-15)18(34)12-20(37-19)21(35)31-25-6-3-24(4-7-25,5-8-25)23-33-32-22(38-23)14-9-16(10-14)36-13-26(28,29)30/h1-2,11,14,16,18,20,34H,3-10,12-13H2,(H,31,35)/t14-,16+,18-,20-,24?,25?/m1/s1. The Morgan fingerprint density at radius 3 is 2.53 bits per heavy atom. The van der Waals surface area contributed by atoms with Crippen LogP contribution in [0.3, 0.4) is 0 Å². The van der Waals surface area contributed by atoms with Crippen LogP contribution in [0.4, 0.5) is 13.2 Å². The number of hydrogen-bond donors (Lipinski definition) is 2. The maximum Gasteiger partial charge on any atom is 0.411 e. The first kappa shape index (κ1) is 25.9. The SMILES string of the molecule is O=C(NC12CCC(c3nnc([C@H]4C[C@@H](OCC(F)(F)F)C4)o3)(CC1)CC2)[C@H]1C[C@@H](O)c2cc(Cl)ccc2O1. The van der Waals surface area contributed by atoms with Gasteiger partial charge in [-0.3, -0.25) is 4.79 Å². The second kappa shape index (κ2) is 9.38. The summed E-state index contributed by atoms with van der Waals surface area (Å²) in [6.45, 7) is -1.24. The Morgan fingerprint density at radius 2 is 1.84 bits per heavy atom. The third-order valence-corrected chi connectivity index (χ3v) is 9.02. The Kier molecular flexibility index (Phi) is 6.39. The van der Waals surface area contributed by atoms with Crippen LogP contribution in [-0.4, -0.2) is 51.7 Å². The van der Waals surface area contributed by atoms with Gasteiger partial charge < -0.3 is 24.3 Å². The number of aromatic nitrogens is 2. The number of halogens is 4. The van der Waals surface area contributed by atoms with Gasteiger partial charge in [-0.05, 0) is 69.6 Å². The molecule has 38 heavy (non-hydrogen) atoms. The van der Waals surface area contributed by atoms with E-state index in [1.54, 1.807) is 18.2 Å². The molecular weight excluding hydrogens is 527 g/mol. The monoisotopic (exact) mass is 555 g/mol. The number of aliphatic hydroxyl groups is 1. The Balaban J connectivity index is 1.04. The second-order valence-electron chi connectivity index (χ2n) is 11.3. The van der Waals surface area contributed by atoms with Gasteiger partial charge >= 0.3 is 6.18 Å². The molecule has 4 fully saturated rings. The molecule has 0 spiro atoms. The van der Waals surface area contributed by atoms with E-state index in [-0.39, 0.29) is 29.2 Å². The number of fused-ring (bicyclic) bond motifs is 4. The van der Waals surface area contributed by atoms with E-state index in [1.807, 2.05) is 0 Å². The zero-order valence-electron chi connectivity index (χ0n) is 20.6. The van der Waals surface area contributed by atoms with Gasteiger partial charge in [0.1, 0.15) is 12.4 Å². The molecule has 2 bridgehead atoms. The lowest BCUT2D eigenvalue weighted by Crippen LogP contribution is -2.60. The van der Waals surface area contributed by atoms with Gasteiger partial charge in [0.15, 0.2) is 6.10 Å². The number of benzene rings is 1. The van der Waals surface area contributed by atoms with Crippen molar-refractivity contribution < 1.29 is 37.0 Å². The average Bonchev–Trinajstić information content (AvgIpc) is 3.34. The van der Waals surface area contributed by atoms with Crippen LogP contribution in [0.15, 0.2) is 22.6 Å². The maximum atomic E-state index is 13.2. The second-order valence-corrected chi connectivity index (χ2v) is 11.7. The summed E-state index contributed by atoms with van der Waals surface area (Å²) in [5.41, 5.74) is 0.00135. The molecule has 4 saturated carbocycles. The van der Waals surface area contributed by atoms with Crippen LogP contribution in [0, 0.1) is 0 Å². The van der Waals surface area contributed by atoms with Crippen molar-refractivity contribution in [1.82, 2.24) is 15.5 Å². The molecule has 0 unspecified atom stereocenters. The van der Waals surface area contributed by atoms with E-state index in [4.69, 9.17) is 25.5 Å². The van der Waals surface area contributed by atoms with E-state index < -0.39 is 31.1 Å². The highest BCUT2D eigenvalue weighted by Gasteiger charge is 2.53. The summed E-state index contributed by atoms with van der Waals surface area (Å²) in [7, 11) is 0. The first-order valence-corrected chi connectivity index (χ1v) is 13.4. The lowest BCUT2D eigenvalue weighted by atomic mass is 9.57. The summed E-state index contributed by atoms with van der Waals surface area (Å²) in [5, 5.41) is 22.8. The van der Waals surface area contributed by atoms with Gasteiger partial charge in [0.05, 0.1) is 12.2 Å². The average molecular weight is 556 g/mol. The van der Waals surface area contributed by atoms with E-state index in [9.17, 15) is 23.1 Å². The molecule has 5 aliphatic rings. The fraction of sp³-hybridized carbons (Fsp3) is 0.654. The topological polar surface area (TPSA) is 107 Å². The minimum Gasteiger partial charge on any atom is -0.480 e. The van der Waals surface area contributed by atoms with Crippen molar-refractivity contribution >= 4 is 17.5 Å². The highest BCUT2D eigenvalue weighted by molar-refractivity contribution is 6.30. The van der Waals surface area contributed by atoms with Crippen molar-refractivity contribution in [3.63, 3.8) is 0 Å². The van der Waals surface area contributed by atoms with Crippen LogP contribution in [0.25, 0.3) is 0 Å². The van der Waals surface area contributed by atoms with Crippen LogP contribution < -0.4 is 10.1 Å². The van der Waals surface area contributed by atoms with E-state index in [2.05, 4.69) is 15.5 Å². The van der Waals surface area contributed by atoms with E-state index in [0.717, 1.165) is 38.5 Å². The van der Waals surface area contributed by atoms with E-state index in [0.29, 0.717) is 41.0 Å². The number of amides is 1. The predicted molar refractivity (Wildman–Crippen MR) is 128 cm³/mol. The summed E-state index contributed by atoms with van der Waals surface area (Å²) >= 11 is 6.02. The van der Waals surface area contributed by atoms with Crippen molar-refractivity contribution in [3.05, 3.63) is 40.6 Å². The van der Waals surface area contributed by atoms with E-state index in [1.165, 1.54) is 0 Å². The van der Waals surface area contributed by atoms with Crippen molar-refractivity contribution in [2.45, 2.75) is 99.1 Å². The first-order valence-electron chi connectivity index (χ1n) is 13.0. The number of alkyl halides is 3. The van der Waals surface area contributed by atoms with Crippen molar-refractivity contribution in [1.29, 1.82) is 0 Å². The molecule has 2 aromatic rings. The molecule has 7 rings (SSSR count). The number of aliphatic hydroxyl groups excluding tert-OH is 1. The number of hydrogen-bond acceptors (Lipinski definition) is 7. The largest absolute Gasteiger partial charge is 0.480 e. The first-order chi connectivity index (χ1) is 18.0. The molecule has 0 saturated heterocycles. The molecule has 1 amide bonds. The van der Waals surface area contributed by atoms with Crippen LogP contribution in [-0.2, 0) is 14.9 Å². The number of nitrogens with zero attached hydrogens (tertiary/aromatic N) is 2. The smallest absolute Gasteiger partial charge is 0.411 e. The third kappa shape index (κ3) is 4.88. The Labute approximate surface area is 222 Å². The van der Waals surface area contributed by atoms with Crippen LogP contribution in [0.2, 0.25) is 5.02 Å². The molecule has 0 radical (unpaired) electrons. The van der Waals surface area contributed by atoms with E-state index >= 15 is 0 Å². The molecular formula is C26H29ClF3N3O5. The fourth-order valence-corrected chi connectivity index (χ4v) is 6.52. The van der Waals surface area contributed by atoms with Crippen LogP contribution >= 0.6 is 11.6 Å². The highest BCUT2D eigenvalue weighted by atomic mass is 35.5. The molecule has 8 nitrogen and oxygen atoms in total. The Bertz CT molecular complexity index is 1190. The van der Waals surface area contributed by atoms with Gasteiger partial charge in [-0.2, -0.15) is 13.2 Å². The summed E-state index contributed by atoms with van der Waals surface area (Å²) in [5.74, 6) is 1.20. The number of carbonyl (C=O) groups excluding carboxylic acids is 1. The Morgan fingerprint density at radius 1 is 1.13 bits per heavy atom. The summed E-state index contributed by atoms with van der Waals surface area (Å²) in [4.78, 5) is 13.2. The quantitative estimate of drug-likeness (QED) is 0.522. The molecule has 1 aliphatic heterocycles. The highest BCUT2D eigenvalue weighted by Crippen LogP contribution is 2.54. The minimum absolute atomic E-state index is 0.0801. The number of ether oxygens (including phenoxy) is 2. The number of rotatable bonds is 6. The maximum absolute atomic E-state index is 13.2. The minimum atomic E-state index is -4.33. The van der Waals surface area contributed by atoms with Crippen molar-refractivity contribution in [2.24, 2.45) is 0 Å². The molecule has 206 valence electrons. The van der Waals surface area contributed by atoms with Crippen molar-refractivity contribution in [3.8, 4) is 5.75 Å². The summed E-state index contributed by atoms with van der Waals surface area (Å²) in [6, 6.07) is 5.00. The molecule has 2 atom stereocenters. The van der Waals surface area contributed by atoms with Crippen LogP contribution in [0.5, 0.6) is 5.75 Å². The number of carbonyl (C=O) groups is 1. The Hall–Kier alpha value is -2.37. The lowest BCUT2D eigenvalue weighted by molar-refractivity contribution is -0.194. The zero-order valence-corrected chi connectivity index (χ0v) is 21.4. The molecule has 2 heterocycles. The van der Waals surface area contributed by atoms with Gasteiger partial charge in [0, 0.05) is 33.9 Å². The van der Waals surface area contributed by atoms with Gasteiger partial charge in [-0.25, -0.2) is 0 Å². The predicted octanol–water partition coefficient (Wildman–Crippen LogP) is 4.89. The van der Waals surface area contributed by atoms with Gasteiger partial charge in [-0.1, -0.05) is 11.6 Å². The van der Waals surface area contributed by atoms with Crippen molar-refractivity contribution in [2.75, 3.05) is 6.61 Å². The normalized spacial score (nSPS) is 34.2. The molecule has 12 heteroatoms. The third-order valence-electron chi connectivity index (χ3n) is 8.79. The lowest BCUT2D eigenvalue weighted by Gasteiger charge is -2.52. The van der Waals surface area contributed by atoms with Gasteiger partial charge in [0.25, 0.3) is 5.91 Å². The zero-order chi connectivity index (χ0) is 26.7. The summed E-state index contributed by atoms with van der Waals surface area (Å²) < 4.78 is 53.9. The number of nitrogens with one attached hydrogen (secondary N) is 1. The summed E-state index contributed by atoms with van der Waals surface area (Å²) in [6.07, 6.45) is -0.717. The van der Waals surface area contributed by atoms with Crippen LogP contribution in [0.1, 0.15) is 87.2 Å². The molecule has 4 aliphatic carbocycles.